The van der Waals surface area contributed by atoms with Crippen molar-refractivity contribution in [3.8, 4) is 0 Å². The summed E-state index contributed by atoms with van der Waals surface area (Å²) in [6.45, 7) is 12.0. The summed E-state index contributed by atoms with van der Waals surface area (Å²) in [7, 11) is 3.36. The van der Waals surface area contributed by atoms with Crippen molar-refractivity contribution in [1.29, 1.82) is 0 Å². The summed E-state index contributed by atoms with van der Waals surface area (Å²) in [6, 6.07) is 0. The summed E-state index contributed by atoms with van der Waals surface area (Å²) in [5, 5.41) is 0. The summed E-state index contributed by atoms with van der Waals surface area (Å²) in [5.41, 5.74) is -0.366. The van der Waals surface area contributed by atoms with Crippen molar-refractivity contribution in [2.24, 2.45) is 0 Å². The molecular weight excluding hydrogens is 168 g/mol. The lowest BCUT2D eigenvalue weighted by Gasteiger charge is -2.30. The number of hydrogen-bond donors (Lipinski definition) is 0. The molecule has 0 saturated carbocycles. The molecule has 0 rings (SSSR count). The highest BCUT2D eigenvalue weighted by Gasteiger charge is 2.20. The highest BCUT2D eigenvalue weighted by atomic mass is 28.1. The van der Waals surface area contributed by atoms with Crippen LogP contribution < -0.4 is 0 Å². The summed E-state index contributed by atoms with van der Waals surface area (Å²) >= 11 is 0. The summed E-state index contributed by atoms with van der Waals surface area (Å²) < 4.78 is 11.0. The second kappa shape index (κ2) is 3.90. The van der Waals surface area contributed by atoms with Gasteiger partial charge < -0.3 is 9.47 Å². The minimum absolute atomic E-state index is 0.183. The van der Waals surface area contributed by atoms with Gasteiger partial charge in [-0.05, 0) is 41.5 Å². The first-order valence-electron chi connectivity index (χ1n) is 4.17. The second-order valence-electron chi connectivity index (χ2n) is 4.79. The van der Waals surface area contributed by atoms with Crippen LogP contribution in [-0.4, -0.2) is 27.4 Å². The van der Waals surface area contributed by atoms with Gasteiger partial charge in [-0.15, -0.1) is 0 Å². The molecule has 0 fully saturated rings. The molecule has 3 radical (unpaired) electrons. The summed E-state index contributed by atoms with van der Waals surface area (Å²) in [4.78, 5) is 0. The Labute approximate surface area is 79.1 Å². The quantitative estimate of drug-likeness (QED) is 0.487. The zero-order valence-electron chi connectivity index (χ0n) is 8.89. The van der Waals surface area contributed by atoms with E-state index in [9.17, 15) is 0 Å². The van der Waals surface area contributed by atoms with Gasteiger partial charge in [-0.1, -0.05) is 0 Å². The van der Waals surface area contributed by atoms with Gasteiger partial charge in [0, 0.05) is 0 Å². The maximum absolute atomic E-state index is 5.51. The number of hydrogen-bond acceptors (Lipinski definition) is 2. The van der Waals surface area contributed by atoms with Crippen LogP contribution in [0.5, 0.6) is 0 Å². The van der Waals surface area contributed by atoms with E-state index in [-0.39, 0.29) is 17.1 Å². The van der Waals surface area contributed by atoms with Gasteiger partial charge >= 0.3 is 0 Å². The van der Waals surface area contributed by atoms with Crippen LogP contribution >= 0.6 is 0 Å². The molecule has 0 aromatic heterocycles. The number of ether oxygens (including phenoxy) is 2. The lowest BCUT2D eigenvalue weighted by Crippen LogP contribution is -2.35. The maximum atomic E-state index is 5.51. The lowest BCUT2D eigenvalue weighted by atomic mass is 10.2. The SMILES string of the molecule is CC(C)(C)OC([Si])OC(C)(C)C. The first-order chi connectivity index (χ1) is 5.10. The largest absolute Gasteiger partial charge is 0.352 e. The molecular formula is C9H19O2Si. The van der Waals surface area contributed by atoms with Crippen molar-refractivity contribution in [3.63, 3.8) is 0 Å². The van der Waals surface area contributed by atoms with Crippen LogP contribution in [0.1, 0.15) is 41.5 Å². The average Bonchev–Trinajstić information content (AvgIpc) is 1.49. The summed E-state index contributed by atoms with van der Waals surface area (Å²) in [6.07, 6.45) is 0. The van der Waals surface area contributed by atoms with Gasteiger partial charge in [0.2, 0.25) is 0 Å². The topological polar surface area (TPSA) is 18.5 Å². The van der Waals surface area contributed by atoms with Crippen molar-refractivity contribution in [2.75, 3.05) is 0 Å². The molecule has 0 aliphatic rings. The molecule has 0 saturated heterocycles. The third-order valence-corrected chi connectivity index (χ3v) is 1.16. The van der Waals surface area contributed by atoms with Crippen molar-refractivity contribution in [2.45, 2.75) is 58.7 Å². The molecule has 0 atom stereocenters. The van der Waals surface area contributed by atoms with E-state index in [1.54, 1.807) is 0 Å². The monoisotopic (exact) mass is 187 g/mol. The Morgan fingerprint density at radius 1 is 0.833 bits per heavy atom. The van der Waals surface area contributed by atoms with Gasteiger partial charge in [0.25, 0.3) is 0 Å². The van der Waals surface area contributed by atoms with E-state index >= 15 is 0 Å². The van der Waals surface area contributed by atoms with E-state index in [0.717, 1.165) is 0 Å². The molecule has 0 aromatic carbocycles. The fraction of sp³-hybridized carbons (Fsp3) is 1.00. The van der Waals surface area contributed by atoms with Crippen LogP contribution in [0, 0.1) is 0 Å². The van der Waals surface area contributed by atoms with Gasteiger partial charge in [-0.3, -0.25) is 0 Å². The van der Waals surface area contributed by atoms with Crippen LogP contribution in [0.4, 0.5) is 0 Å². The third-order valence-electron chi connectivity index (χ3n) is 0.921. The van der Waals surface area contributed by atoms with E-state index in [1.807, 2.05) is 41.5 Å². The van der Waals surface area contributed by atoms with Crippen LogP contribution in [0.2, 0.25) is 0 Å². The molecule has 0 aliphatic heterocycles. The molecule has 12 heavy (non-hydrogen) atoms. The molecule has 0 bridgehead atoms. The van der Waals surface area contributed by atoms with Gasteiger partial charge in [0.05, 0.1) is 11.2 Å². The highest BCUT2D eigenvalue weighted by Crippen LogP contribution is 2.15. The van der Waals surface area contributed by atoms with Crippen molar-refractivity contribution >= 4 is 10.2 Å². The van der Waals surface area contributed by atoms with Gasteiger partial charge in [-0.25, -0.2) is 0 Å². The molecule has 0 heterocycles. The smallest absolute Gasteiger partial charge is 0.135 e. The fourth-order valence-electron chi connectivity index (χ4n) is 0.666. The van der Waals surface area contributed by atoms with E-state index in [2.05, 4.69) is 10.2 Å². The van der Waals surface area contributed by atoms with E-state index in [4.69, 9.17) is 9.47 Å². The fourth-order valence-corrected chi connectivity index (χ4v) is 1.37. The van der Waals surface area contributed by atoms with Gasteiger partial charge in [-0.2, -0.15) is 0 Å². The van der Waals surface area contributed by atoms with Crippen LogP contribution in [-0.2, 0) is 9.47 Å². The lowest BCUT2D eigenvalue weighted by molar-refractivity contribution is -0.191. The molecule has 0 aromatic rings. The van der Waals surface area contributed by atoms with E-state index in [1.165, 1.54) is 0 Å². The molecule has 71 valence electrons. The number of rotatable bonds is 2. The van der Waals surface area contributed by atoms with Crippen LogP contribution in [0.3, 0.4) is 0 Å². The first kappa shape index (κ1) is 12.1. The molecule has 0 aliphatic carbocycles. The van der Waals surface area contributed by atoms with Crippen molar-refractivity contribution in [1.82, 2.24) is 0 Å². The van der Waals surface area contributed by atoms with Crippen LogP contribution in [0.25, 0.3) is 0 Å². The predicted octanol–water partition coefficient (Wildman–Crippen LogP) is 2.07. The Kier molecular flexibility index (Phi) is 3.94. The van der Waals surface area contributed by atoms with Gasteiger partial charge in [0.1, 0.15) is 16.2 Å². The average molecular weight is 187 g/mol. The Hall–Kier alpha value is 0.137. The zero-order valence-corrected chi connectivity index (χ0v) is 9.89. The minimum Gasteiger partial charge on any atom is -0.352 e. The van der Waals surface area contributed by atoms with Gasteiger partial charge in [0.15, 0.2) is 0 Å². The first-order valence-corrected chi connectivity index (χ1v) is 4.75. The Bertz CT molecular complexity index is 116. The van der Waals surface area contributed by atoms with E-state index in [0.29, 0.717) is 0 Å². The molecule has 0 spiro atoms. The van der Waals surface area contributed by atoms with Crippen molar-refractivity contribution in [3.05, 3.63) is 0 Å². The zero-order chi connectivity index (χ0) is 9.99. The highest BCUT2D eigenvalue weighted by molar-refractivity contribution is 6.10. The standard InChI is InChI=1S/C9H19O2Si/c1-8(2,3)10-7(12)11-9(4,5)6/h7H,1-6H3. The Morgan fingerprint density at radius 3 is 1.25 bits per heavy atom. The third kappa shape index (κ3) is 8.24. The maximum Gasteiger partial charge on any atom is 0.135 e. The normalized spacial score (nSPS) is 14.0. The summed E-state index contributed by atoms with van der Waals surface area (Å²) in [5.74, 6) is -0.343. The molecule has 2 nitrogen and oxygen atoms in total. The predicted molar refractivity (Wildman–Crippen MR) is 51.2 cm³/mol. The van der Waals surface area contributed by atoms with E-state index < -0.39 is 0 Å². The Balaban J connectivity index is 3.83. The molecule has 0 unspecified atom stereocenters. The van der Waals surface area contributed by atoms with Crippen LogP contribution in [0.15, 0.2) is 0 Å². The molecule has 3 heteroatoms. The second-order valence-corrected chi connectivity index (χ2v) is 5.26. The molecule has 0 N–H and O–H groups in total. The van der Waals surface area contributed by atoms with Crippen molar-refractivity contribution < 1.29 is 9.47 Å². The molecule has 0 amide bonds. The minimum atomic E-state index is -0.343. The Morgan fingerprint density at radius 2 is 1.08 bits per heavy atom.